The van der Waals surface area contributed by atoms with E-state index in [1.165, 1.54) is 6.92 Å². The van der Waals surface area contributed by atoms with Crippen molar-refractivity contribution in [3.8, 4) is 0 Å². The molecule has 84 valence electrons. The van der Waals surface area contributed by atoms with Crippen molar-refractivity contribution >= 4 is 12.0 Å². The standard InChI is InChI=1S/C10H16N2O3/c1-3-6-12(8-4-5-8)10(15)11-7(2)9(13)14/h3,7-8H,1,4-6H2,2H3,(H,11,15)(H,13,14). The summed E-state index contributed by atoms with van der Waals surface area (Å²) < 4.78 is 0. The number of carboxylic acid groups (broad SMARTS) is 1. The number of aliphatic carboxylic acids is 1. The predicted molar refractivity (Wildman–Crippen MR) is 55.6 cm³/mol. The monoisotopic (exact) mass is 212 g/mol. The van der Waals surface area contributed by atoms with Crippen LogP contribution in [0.5, 0.6) is 0 Å². The number of amides is 2. The van der Waals surface area contributed by atoms with E-state index in [9.17, 15) is 9.59 Å². The molecule has 15 heavy (non-hydrogen) atoms. The van der Waals surface area contributed by atoms with Crippen molar-refractivity contribution in [3.05, 3.63) is 12.7 Å². The summed E-state index contributed by atoms with van der Waals surface area (Å²) in [7, 11) is 0. The molecule has 1 fully saturated rings. The van der Waals surface area contributed by atoms with Gasteiger partial charge in [0.1, 0.15) is 6.04 Å². The zero-order valence-corrected chi connectivity index (χ0v) is 8.77. The molecule has 5 nitrogen and oxygen atoms in total. The van der Waals surface area contributed by atoms with Crippen LogP contribution in [0, 0.1) is 0 Å². The maximum atomic E-state index is 11.6. The zero-order valence-electron chi connectivity index (χ0n) is 8.77. The Labute approximate surface area is 88.8 Å². The topological polar surface area (TPSA) is 69.6 Å². The van der Waals surface area contributed by atoms with Crippen LogP contribution < -0.4 is 5.32 Å². The van der Waals surface area contributed by atoms with Crippen molar-refractivity contribution in [3.63, 3.8) is 0 Å². The molecule has 1 unspecified atom stereocenters. The molecule has 1 rings (SSSR count). The Bertz CT molecular complexity index is 274. The molecule has 0 heterocycles. The van der Waals surface area contributed by atoms with Gasteiger partial charge in [-0.05, 0) is 19.8 Å². The molecule has 0 spiro atoms. The van der Waals surface area contributed by atoms with Gasteiger partial charge in [-0.1, -0.05) is 6.08 Å². The molecular weight excluding hydrogens is 196 g/mol. The number of urea groups is 1. The Morgan fingerprint density at radius 3 is 2.67 bits per heavy atom. The van der Waals surface area contributed by atoms with Gasteiger partial charge >= 0.3 is 12.0 Å². The van der Waals surface area contributed by atoms with Gasteiger partial charge in [0.05, 0.1) is 0 Å². The Morgan fingerprint density at radius 1 is 1.67 bits per heavy atom. The SMILES string of the molecule is C=CCN(C(=O)NC(C)C(=O)O)C1CC1. The third kappa shape index (κ3) is 3.27. The largest absolute Gasteiger partial charge is 0.480 e. The molecule has 0 aromatic rings. The number of nitrogens with zero attached hydrogens (tertiary/aromatic N) is 1. The molecule has 0 aromatic carbocycles. The molecule has 5 heteroatoms. The van der Waals surface area contributed by atoms with Crippen LogP contribution in [0.3, 0.4) is 0 Å². The Kier molecular flexibility index (Phi) is 3.71. The Morgan fingerprint density at radius 2 is 2.27 bits per heavy atom. The Balaban J connectivity index is 2.48. The first-order chi connectivity index (χ1) is 7.06. The van der Waals surface area contributed by atoms with Crippen LogP contribution in [0.15, 0.2) is 12.7 Å². The molecule has 0 saturated heterocycles. The highest BCUT2D eigenvalue weighted by molar-refractivity contribution is 5.82. The third-order valence-electron chi connectivity index (χ3n) is 2.28. The average Bonchev–Trinajstić information content (AvgIpc) is 2.97. The van der Waals surface area contributed by atoms with E-state index in [0.717, 1.165) is 12.8 Å². The second kappa shape index (κ2) is 4.82. The van der Waals surface area contributed by atoms with Crippen molar-refractivity contribution in [1.82, 2.24) is 10.2 Å². The number of carbonyl (C=O) groups is 2. The molecule has 1 aliphatic rings. The van der Waals surface area contributed by atoms with Crippen LogP contribution in [0.2, 0.25) is 0 Å². The fourth-order valence-corrected chi connectivity index (χ4v) is 1.25. The second-order valence-corrected chi connectivity index (χ2v) is 3.68. The van der Waals surface area contributed by atoms with Gasteiger partial charge in [0.25, 0.3) is 0 Å². The van der Waals surface area contributed by atoms with Gasteiger partial charge in [-0.2, -0.15) is 0 Å². The second-order valence-electron chi connectivity index (χ2n) is 3.68. The minimum Gasteiger partial charge on any atom is -0.480 e. The van der Waals surface area contributed by atoms with Gasteiger partial charge in [-0.25, -0.2) is 4.79 Å². The fourth-order valence-electron chi connectivity index (χ4n) is 1.25. The third-order valence-corrected chi connectivity index (χ3v) is 2.28. The first-order valence-corrected chi connectivity index (χ1v) is 4.97. The molecule has 0 aliphatic heterocycles. The van der Waals surface area contributed by atoms with E-state index in [1.54, 1.807) is 11.0 Å². The maximum Gasteiger partial charge on any atom is 0.325 e. The summed E-state index contributed by atoms with van der Waals surface area (Å²) >= 11 is 0. The quantitative estimate of drug-likeness (QED) is 0.663. The lowest BCUT2D eigenvalue weighted by atomic mass is 10.3. The Hall–Kier alpha value is -1.52. The van der Waals surface area contributed by atoms with Crippen molar-refractivity contribution < 1.29 is 14.7 Å². The highest BCUT2D eigenvalue weighted by atomic mass is 16.4. The number of hydrogen-bond donors (Lipinski definition) is 2. The molecule has 1 atom stereocenters. The highest BCUT2D eigenvalue weighted by Gasteiger charge is 2.32. The molecule has 0 bridgehead atoms. The molecule has 0 aromatic heterocycles. The lowest BCUT2D eigenvalue weighted by molar-refractivity contribution is -0.138. The minimum atomic E-state index is -1.03. The van der Waals surface area contributed by atoms with Gasteiger partial charge in [-0.3, -0.25) is 4.79 Å². The lowest BCUT2D eigenvalue weighted by Crippen LogP contribution is -2.47. The number of nitrogens with one attached hydrogen (secondary N) is 1. The molecule has 1 saturated carbocycles. The summed E-state index contributed by atoms with van der Waals surface area (Å²) in [6.45, 7) is 5.47. The van der Waals surface area contributed by atoms with Crippen LogP contribution >= 0.6 is 0 Å². The van der Waals surface area contributed by atoms with E-state index in [1.807, 2.05) is 0 Å². The van der Waals surface area contributed by atoms with Crippen LogP contribution in [-0.4, -0.2) is 40.6 Å². The van der Waals surface area contributed by atoms with Gasteiger partial charge in [0.2, 0.25) is 0 Å². The van der Waals surface area contributed by atoms with Crippen LogP contribution in [0.4, 0.5) is 4.79 Å². The van der Waals surface area contributed by atoms with E-state index in [2.05, 4.69) is 11.9 Å². The maximum absolute atomic E-state index is 11.6. The highest BCUT2D eigenvalue weighted by Crippen LogP contribution is 2.26. The van der Waals surface area contributed by atoms with E-state index in [4.69, 9.17) is 5.11 Å². The first kappa shape index (κ1) is 11.6. The van der Waals surface area contributed by atoms with Gasteiger partial charge in [0, 0.05) is 12.6 Å². The van der Waals surface area contributed by atoms with Crippen LogP contribution in [0.25, 0.3) is 0 Å². The summed E-state index contributed by atoms with van der Waals surface area (Å²) in [6.07, 6.45) is 3.62. The normalized spacial score (nSPS) is 16.6. The summed E-state index contributed by atoms with van der Waals surface area (Å²) in [5, 5.41) is 11.1. The molecule has 1 aliphatic carbocycles. The average molecular weight is 212 g/mol. The van der Waals surface area contributed by atoms with Crippen LogP contribution in [-0.2, 0) is 4.79 Å². The summed E-state index contributed by atoms with van der Waals surface area (Å²) in [5.74, 6) is -1.03. The summed E-state index contributed by atoms with van der Waals surface area (Å²) in [5.41, 5.74) is 0. The van der Waals surface area contributed by atoms with E-state index < -0.39 is 12.0 Å². The minimum absolute atomic E-state index is 0.254. The van der Waals surface area contributed by atoms with Crippen molar-refractivity contribution in [2.75, 3.05) is 6.54 Å². The van der Waals surface area contributed by atoms with Gasteiger partial charge in [-0.15, -0.1) is 6.58 Å². The van der Waals surface area contributed by atoms with Crippen molar-refractivity contribution in [2.45, 2.75) is 31.8 Å². The van der Waals surface area contributed by atoms with Gasteiger partial charge in [0.15, 0.2) is 0 Å². The van der Waals surface area contributed by atoms with Gasteiger partial charge < -0.3 is 15.3 Å². The smallest absolute Gasteiger partial charge is 0.325 e. The number of hydrogen-bond acceptors (Lipinski definition) is 2. The predicted octanol–water partition coefficient (Wildman–Crippen LogP) is 0.820. The fraction of sp³-hybridized carbons (Fsp3) is 0.600. The summed E-state index contributed by atoms with van der Waals surface area (Å²) in [6, 6.07) is -0.931. The van der Waals surface area contributed by atoms with Crippen LogP contribution in [0.1, 0.15) is 19.8 Å². The molecule has 2 N–H and O–H groups in total. The lowest BCUT2D eigenvalue weighted by Gasteiger charge is -2.22. The molecule has 0 radical (unpaired) electrons. The van der Waals surface area contributed by atoms with E-state index in [-0.39, 0.29) is 12.1 Å². The number of carboxylic acids is 1. The summed E-state index contributed by atoms with van der Waals surface area (Å²) in [4.78, 5) is 23.8. The zero-order chi connectivity index (χ0) is 11.4. The first-order valence-electron chi connectivity index (χ1n) is 4.97. The molecular formula is C10H16N2O3. The van der Waals surface area contributed by atoms with Crippen molar-refractivity contribution in [2.24, 2.45) is 0 Å². The van der Waals surface area contributed by atoms with E-state index in [0.29, 0.717) is 6.54 Å². The molecule has 2 amide bonds. The number of rotatable bonds is 5. The van der Waals surface area contributed by atoms with Crippen molar-refractivity contribution in [1.29, 1.82) is 0 Å². The number of carbonyl (C=O) groups excluding carboxylic acids is 1. The van der Waals surface area contributed by atoms with E-state index >= 15 is 0 Å².